The summed E-state index contributed by atoms with van der Waals surface area (Å²) in [4.78, 5) is 13.3. The lowest BCUT2D eigenvalue weighted by molar-refractivity contribution is -0.140. The molecular weight excluding hydrogens is 206 g/mol. The van der Waals surface area contributed by atoms with Gasteiger partial charge in [0.1, 0.15) is 0 Å². The zero-order valence-corrected chi connectivity index (χ0v) is 10.6. The first-order chi connectivity index (χ1) is 7.59. The molecule has 0 aromatic heterocycles. The summed E-state index contributed by atoms with van der Waals surface area (Å²) in [6, 6.07) is 0. The summed E-state index contributed by atoms with van der Waals surface area (Å²) in [5.74, 6) is -0.119. The molecule has 0 spiro atoms. The highest BCUT2D eigenvalue weighted by atomic mass is 16.5. The van der Waals surface area contributed by atoms with Crippen LogP contribution in [0.1, 0.15) is 32.6 Å². The molecule has 1 aliphatic rings. The highest BCUT2D eigenvalue weighted by Gasteiger charge is 2.30. The molecule has 16 heavy (non-hydrogen) atoms. The summed E-state index contributed by atoms with van der Waals surface area (Å²) in [5, 5.41) is 0. The van der Waals surface area contributed by atoms with E-state index in [9.17, 15) is 4.79 Å². The molecule has 0 aliphatic carbocycles. The van der Waals surface area contributed by atoms with E-state index in [2.05, 4.69) is 16.6 Å². The Labute approximate surface area is 97.9 Å². The van der Waals surface area contributed by atoms with Gasteiger partial charge in [-0.1, -0.05) is 0 Å². The lowest BCUT2D eigenvalue weighted by atomic mass is 9.94. The molecule has 1 fully saturated rings. The van der Waals surface area contributed by atoms with E-state index in [4.69, 9.17) is 4.74 Å². The number of hydrogen-bond acceptors (Lipinski definition) is 4. The molecule has 0 aromatic rings. The fourth-order valence-corrected chi connectivity index (χ4v) is 2.21. The van der Waals surface area contributed by atoms with Crippen molar-refractivity contribution in [3.05, 3.63) is 0 Å². The van der Waals surface area contributed by atoms with Crippen LogP contribution in [0.5, 0.6) is 0 Å². The Morgan fingerprint density at radius 2 is 2.19 bits per heavy atom. The van der Waals surface area contributed by atoms with Crippen LogP contribution in [0.4, 0.5) is 0 Å². The van der Waals surface area contributed by atoms with Gasteiger partial charge in [-0.2, -0.15) is 0 Å². The molecule has 0 saturated carbocycles. The maximum Gasteiger partial charge on any atom is 0.305 e. The normalized spacial score (nSPS) is 26.7. The molecule has 0 bridgehead atoms. The molecule has 1 saturated heterocycles. The Bertz CT molecular complexity index is 232. The van der Waals surface area contributed by atoms with Crippen molar-refractivity contribution in [2.45, 2.75) is 38.2 Å². The first-order valence-corrected chi connectivity index (χ1v) is 5.94. The number of carbonyl (C=O) groups is 1. The molecule has 0 unspecified atom stereocenters. The van der Waals surface area contributed by atoms with Crippen LogP contribution in [-0.4, -0.2) is 50.3 Å². The van der Waals surface area contributed by atoms with E-state index < -0.39 is 0 Å². The predicted octanol–water partition coefficient (Wildman–Crippen LogP) is 1.44. The summed E-state index contributed by atoms with van der Waals surface area (Å²) in [6.45, 7) is 5.18. The summed E-state index contributed by atoms with van der Waals surface area (Å²) in [7, 11) is 3.21. The van der Waals surface area contributed by atoms with Crippen LogP contribution in [0, 0.1) is 0 Å². The minimum atomic E-state index is -0.119. The van der Waals surface area contributed by atoms with E-state index in [1.165, 1.54) is 13.5 Å². The number of nitrogens with zero attached hydrogens (tertiary/aromatic N) is 1. The Morgan fingerprint density at radius 3 is 2.81 bits per heavy atom. The van der Waals surface area contributed by atoms with Gasteiger partial charge in [0, 0.05) is 20.1 Å². The van der Waals surface area contributed by atoms with Crippen LogP contribution < -0.4 is 0 Å². The van der Waals surface area contributed by atoms with Gasteiger partial charge in [0.05, 0.1) is 12.7 Å². The number of esters is 1. The second-order valence-corrected chi connectivity index (χ2v) is 4.71. The van der Waals surface area contributed by atoms with Crippen molar-refractivity contribution in [3.63, 3.8) is 0 Å². The smallest absolute Gasteiger partial charge is 0.305 e. The maximum atomic E-state index is 11.0. The molecule has 94 valence electrons. The third-order valence-electron chi connectivity index (χ3n) is 3.31. The van der Waals surface area contributed by atoms with Crippen LogP contribution in [0.15, 0.2) is 0 Å². The molecule has 1 aliphatic heterocycles. The van der Waals surface area contributed by atoms with E-state index in [1.807, 2.05) is 0 Å². The lowest BCUT2D eigenvalue weighted by Gasteiger charge is -2.39. The number of hydrogen-bond donors (Lipinski definition) is 0. The zero-order chi connectivity index (χ0) is 12.0. The Kier molecular flexibility index (Phi) is 5.22. The average molecular weight is 229 g/mol. The van der Waals surface area contributed by atoms with Gasteiger partial charge in [0.2, 0.25) is 0 Å². The van der Waals surface area contributed by atoms with Crippen LogP contribution in [-0.2, 0) is 14.3 Å². The summed E-state index contributed by atoms with van der Waals surface area (Å²) in [6.07, 6.45) is 3.67. The van der Waals surface area contributed by atoms with E-state index in [-0.39, 0.29) is 11.6 Å². The first kappa shape index (κ1) is 13.5. The lowest BCUT2D eigenvalue weighted by Crippen LogP contribution is -2.47. The quantitative estimate of drug-likeness (QED) is 0.669. The van der Waals surface area contributed by atoms with Crippen LogP contribution in [0.2, 0.25) is 0 Å². The molecule has 1 atom stereocenters. The van der Waals surface area contributed by atoms with Gasteiger partial charge in [0.25, 0.3) is 0 Å². The van der Waals surface area contributed by atoms with Crippen molar-refractivity contribution in [2.75, 3.05) is 33.9 Å². The van der Waals surface area contributed by atoms with E-state index >= 15 is 0 Å². The molecule has 1 rings (SSSR count). The van der Waals surface area contributed by atoms with Gasteiger partial charge in [-0.15, -0.1) is 0 Å². The van der Waals surface area contributed by atoms with Gasteiger partial charge < -0.3 is 14.4 Å². The van der Waals surface area contributed by atoms with Crippen LogP contribution in [0.3, 0.4) is 0 Å². The van der Waals surface area contributed by atoms with Gasteiger partial charge >= 0.3 is 5.97 Å². The van der Waals surface area contributed by atoms with Crippen molar-refractivity contribution < 1.29 is 14.3 Å². The SMILES string of the molecule is COC(=O)CCCN1CCC[C@](C)(OC)C1. The Morgan fingerprint density at radius 1 is 1.44 bits per heavy atom. The molecule has 0 aromatic carbocycles. The van der Waals surface area contributed by atoms with Crippen molar-refractivity contribution in [1.29, 1.82) is 0 Å². The second kappa shape index (κ2) is 6.21. The topological polar surface area (TPSA) is 38.8 Å². The van der Waals surface area contributed by atoms with Crippen molar-refractivity contribution >= 4 is 5.97 Å². The molecule has 0 amide bonds. The summed E-state index contributed by atoms with van der Waals surface area (Å²) in [5.41, 5.74) is -0.0104. The fraction of sp³-hybridized carbons (Fsp3) is 0.917. The van der Waals surface area contributed by atoms with E-state index in [1.54, 1.807) is 7.11 Å². The highest BCUT2D eigenvalue weighted by molar-refractivity contribution is 5.69. The number of methoxy groups -OCH3 is 2. The molecule has 0 N–H and O–H groups in total. The first-order valence-electron chi connectivity index (χ1n) is 5.94. The largest absolute Gasteiger partial charge is 0.469 e. The fourth-order valence-electron chi connectivity index (χ4n) is 2.21. The summed E-state index contributed by atoms with van der Waals surface area (Å²) < 4.78 is 10.1. The van der Waals surface area contributed by atoms with Gasteiger partial charge in [-0.3, -0.25) is 4.79 Å². The molecule has 4 heteroatoms. The number of rotatable bonds is 5. The number of carbonyl (C=O) groups excluding carboxylic acids is 1. The average Bonchev–Trinajstić information content (AvgIpc) is 2.29. The minimum Gasteiger partial charge on any atom is -0.469 e. The third kappa shape index (κ3) is 4.10. The van der Waals surface area contributed by atoms with Gasteiger partial charge in [0.15, 0.2) is 0 Å². The highest BCUT2D eigenvalue weighted by Crippen LogP contribution is 2.23. The minimum absolute atomic E-state index is 0.0104. The van der Waals surface area contributed by atoms with Crippen molar-refractivity contribution in [1.82, 2.24) is 4.90 Å². The second-order valence-electron chi connectivity index (χ2n) is 4.71. The Balaban J connectivity index is 2.24. The monoisotopic (exact) mass is 229 g/mol. The van der Waals surface area contributed by atoms with Crippen LogP contribution >= 0.6 is 0 Å². The van der Waals surface area contributed by atoms with E-state index in [0.717, 1.165) is 32.5 Å². The molecule has 4 nitrogen and oxygen atoms in total. The van der Waals surface area contributed by atoms with Gasteiger partial charge in [-0.25, -0.2) is 0 Å². The van der Waals surface area contributed by atoms with E-state index in [0.29, 0.717) is 6.42 Å². The number of likely N-dealkylation sites (tertiary alicyclic amines) is 1. The molecular formula is C12H23NO3. The van der Waals surface area contributed by atoms with Gasteiger partial charge in [-0.05, 0) is 39.3 Å². The molecule has 0 radical (unpaired) electrons. The summed E-state index contributed by atoms with van der Waals surface area (Å²) >= 11 is 0. The number of piperidine rings is 1. The predicted molar refractivity (Wildman–Crippen MR) is 62.3 cm³/mol. The van der Waals surface area contributed by atoms with Crippen molar-refractivity contribution in [2.24, 2.45) is 0 Å². The van der Waals surface area contributed by atoms with Crippen LogP contribution in [0.25, 0.3) is 0 Å². The Hall–Kier alpha value is -0.610. The third-order valence-corrected chi connectivity index (χ3v) is 3.31. The van der Waals surface area contributed by atoms with Crippen molar-refractivity contribution in [3.8, 4) is 0 Å². The number of ether oxygens (including phenoxy) is 2. The zero-order valence-electron chi connectivity index (χ0n) is 10.6. The standard InChI is InChI=1S/C12H23NO3/c1-12(16-3)7-5-9-13(10-12)8-4-6-11(14)15-2/h4-10H2,1-3H3/t12-/m0/s1. The molecule has 1 heterocycles. The maximum absolute atomic E-state index is 11.0.